The quantitative estimate of drug-likeness (QED) is 0.727. The van der Waals surface area contributed by atoms with E-state index in [0.29, 0.717) is 5.54 Å². The molecule has 0 bridgehead atoms. The number of aryl methyl sites for hydroxylation is 1. The van der Waals surface area contributed by atoms with Crippen LogP contribution in [-0.4, -0.2) is 13.7 Å². The predicted molar refractivity (Wildman–Crippen MR) is 55.6 cm³/mol. The Hall–Kier alpha value is -1.02. The van der Waals surface area contributed by atoms with Crippen LogP contribution in [0.15, 0.2) is 18.2 Å². The van der Waals surface area contributed by atoms with Crippen molar-refractivity contribution in [3.63, 3.8) is 0 Å². The van der Waals surface area contributed by atoms with Gasteiger partial charge in [-0.15, -0.1) is 0 Å². The fraction of sp³-hybridized carbons (Fsp3) is 0.500. The summed E-state index contributed by atoms with van der Waals surface area (Å²) in [6, 6.07) is 6.48. The molecule has 74 valence electrons. The lowest BCUT2D eigenvalue weighted by Crippen LogP contribution is -2.52. The van der Waals surface area contributed by atoms with Crippen LogP contribution in [0.25, 0.3) is 0 Å². The van der Waals surface area contributed by atoms with Crippen molar-refractivity contribution in [3.05, 3.63) is 29.3 Å². The van der Waals surface area contributed by atoms with Crippen LogP contribution < -0.4 is 10.1 Å². The molecule has 2 aliphatic rings. The highest BCUT2D eigenvalue weighted by Gasteiger charge is 2.43. The van der Waals surface area contributed by atoms with Crippen LogP contribution in [0, 0.1) is 0 Å². The molecule has 1 heterocycles. The van der Waals surface area contributed by atoms with Crippen molar-refractivity contribution in [2.75, 3.05) is 13.7 Å². The first-order valence-corrected chi connectivity index (χ1v) is 5.26. The maximum absolute atomic E-state index is 5.27. The summed E-state index contributed by atoms with van der Waals surface area (Å²) in [6.45, 7) is 1.16. The Kier molecular flexibility index (Phi) is 1.62. The van der Waals surface area contributed by atoms with Crippen molar-refractivity contribution in [3.8, 4) is 5.75 Å². The number of fused-ring (bicyclic) bond motifs is 2. The molecule has 1 spiro atoms. The molecular weight excluding hydrogens is 174 g/mol. The van der Waals surface area contributed by atoms with E-state index < -0.39 is 0 Å². The third-order valence-corrected chi connectivity index (χ3v) is 3.67. The van der Waals surface area contributed by atoms with Crippen LogP contribution in [0.1, 0.15) is 24.0 Å². The van der Waals surface area contributed by atoms with Gasteiger partial charge in [-0.3, -0.25) is 0 Å². The SMILES string of the molecule is COc1ccc2c(c1)[C@]1(CCN1)CC2. The van der Waals surface area contributed by atoms with E-state index in [1.54, 1.807) is 7.11 Å². The standard InChI is InChI=1S/C12H15NO/c1-14-10-3-2-9-4-5-12(6-7-13-12)11(9)8-10/h2-3,8,13H,4-7H2,1H3/t12-/m1/s1. The summed E-state index contributed by atoms with van der Waals surface area (Å²) in [6.07, 6.45) is 3.76. The molecule has 1 saturated heterocycles. The lowest BCUT2D eigenvalue weighted by molar-refractivity contribution is 0.209. The van der Waals surface area contributed by atoms with Crippen LogP contribution >= 0.6 is 0 Å². The van der Waals surface area contributed by atoms with E-state index in [1.165, 1.54) is 30.4 Å². The summed E-state index contributed by atoms with van der Waals surface area (Å²) in [4.78, 5) is 0. The minimum Gasteiger partial charge on any atom is -0.497 e. The second-order valence-electron chi connectivity index (χ2n) is 4.28. The van der Waals surface area contributed by atoms with Crippen molar-refractivity contribution in [1.29, 1.82) is 0 Å². The lowest BCUT2D eigenvalue weighted by atomic mass is 9.82. The fourth-order valence-electron chi connectivity index (χ4n) is 2.70. The Morgan fingerprint density at radius 2 is 2.21 bits per heavy atom. The molecule has 1 N–H and O–H groups in total. The van der Waals surface area contributed by atoms with E-state index in [-0.39, 0.29) is 0 Å². The van der Waals surface area contributed by atoms with Crippen LogP contribution in [0.5, 0.6) is 5.75 Å². The Bertz CT molecular complexity index is 369. The zero-order valence-corrected chi connectivity index (χ0v) is 8.47. The molecule has 1 aromatic carbocycles. The summed E-state index contributed by atoms with van der Waals surface area (Å²) in [5.74, 6) is 0.985. The summed E-state index contributed by atoms with van der Waals surface area (Å²) in [5, 5.41) is 3.57. The number of benzene rings is 1. The third kappa shape index (κ3) is 0.947. The highest BCUT2D eigenvalue weighted by molar-refractivity contribution is 5.45. The van der Waals surface area contributed by atoms with Gasteiger partial charge in [0.15, 0.2) is 0 Å². The zero-order valence-electron chi connectivity index (χ0n) is 8.47. The molecule has 1 fully saturated rings. The molecular formula is C12H15NO. The normalized spacial score (nSPS) is 28.6. The number of hydrogen-bond acceptors (Lipinski definition) is 2. The van der Waals surface area contributed by atoms with Gasteiger partial charge in [0.05, 0.1) is 7.11 Å². The van der Waals surface area contributed by atoms with Gasteiger partial charge in [0.2, 0.25) is 0 Å². The van der Waals surface area contributed by atoms with Crippen LogP contribution in [0.4, 0.5) is 0 Å². The number of rotatable bonds is 1. The van der Waals surface area contributed by atoms with E-state index >= 15 is 0 Å². The van der Waals surface area contributed by atoms with Gasteiger partial charge in [0.25, 0.3) is 0 Å². The maximum atomic E-state index is 5.27. The number of methoxy groups -OCH3 is 1. The monoisotopic (exact) mass is 189 g/mol. The second-order valence-corrected chi connectivity index (χ2v) is 4.28. The average Bonchev–Trinajstić information content (AvgIpc) is 2.55. The Morgan fingerprint density at radius 1 is 1.36 bits per heavy atom. The molecule has 0 saturated carbocycles. The molecule has 2 nitrogen and oxygen atoms in total. The highest BCUT2D eigenvalue weighted by Crippen LogP contribution is 2.44. The topological polar surface area (TPSA) is 21.3 Å². The summed E-state index contributed by atoms with van der Waals surface area (Å²) < 4.78 is 5.27. The van der Waals surface area contributed by atoms with Gasteiger partial charge >= 0.3 is 0 Å². The molecule has 0 aromatic heterocycles. The van der Waals surface area contributed by atoms with Crippen molar-refractivity contribution in [1.82, 2.24) is 5.32 Å². The molecule has 0 amide bonds. The van der Waals surface area contributed by atoms with E-state index in [2.05, 4.69) is 23.5 Å². The van der Waals surface area contributed by atoms with Gasteiger partial charge in [-0.1, -0.05) is 6.07 Å². The fourth-order valence-corrected chi connectivity index (χ4v) is 2.70. The molecule has 1 aromatic rings. The Balaban J connectivity index is 2.08. The predicted octanol–water partition coefficient (Wildman–Crippen LogP) is 1.83. The molecule has 0 unspecified atom stereocenters. The first kappa shape index (κ1) is 8.30. The number of ether oxygens (including phenoxy) is 1. The third-order valence-electron chi connectivity index (χ3n) is 3.67. The minimum absolute atomic E-state index is 0.309. The molecule has 14 heavy (non-hydrogen) atoms. The van der Waals surface area contributed by atoms with Crippen molar-refractivity contribution >= 4 is 0 Å². The maximum Gasteiger partial charge on any atom is 0.119 e. The van der Waals surface area contributed by atoms with Crippen molar-refractivity contribution < 1.29 is 4.74 Å². The van der Waals surface area contributed by atoms with Crippen molar-refractivity contribution in [2.45, 2.75) is 24.8 Å². The summed E-state index contributed by atoms with van der Waals surface area (Å²) >= 11 is 0. The van der Waals surface area contributed by atoms with E-state index in [0.717, 1.165) is 12.3 Å². The largest absolute Gasteiger partial charge is 0.497 e. The molecule has 0 radical (unpaired) electrons. The highest BCUT2D eigenvalue weighted by atomic mass is 16.5. The van der Waals surface area contributed by atoms with Crippen molar-refractivity contribution in [2.24, 2.45) is 0 Å². The van der Waals surface area contributed by atoms with Gasteiger partial charge in [0, 0.05) is 5.54 Å². The van der Waals surface area contributed by atoms with E-state index in [9.17, 15) is 0 Å². The van der Waals surface area contributed by atoms with Gasteiger partial charge < -0.3 is 10.1 Å². The van der Waals surface area contributed by atoms with E-state index in [4.69, 9.17) is 4.74 Å². The summed E-state index contributed by atoms with van der Waals surface area (Å²) in [7, 11) is 1.73. The smallest absolute Gasteiger partial charge is 0.119 e. The number of hydrogen-bond donors (Lipinski definition) is 1. The first-order valence-electron chi connectivity index (χ1n) is 5.26. The van der Waals surface area contributed by atoms with Crippen LogP contribution in [0.3, 0.4) is 0 Å². The Morgan fingerprint density at radius 3 is 2.86 bits per heavy atom. The van der Waals surface area contributed by atoms with Crippen LogP contribution in [0.2, 0.25) is 0 Å². The van der Waals surface area contributed by atoms with Crippen LogP contribution in [-0.2, 0) is 12.0 Å². The first-order chi connectivity index (χ1) is 6.84. The molecule has 1 atom stereocenters. The lowest BCUT2D eigenvalue weighted by Gasteiger charge is -2.41. The van der Waals surface area contributed by atoms with Gasteiger partial charge in [-0.25, -0.2) is 0 Å². The van der Waals surface area contributed by atoms with Gasteiger partial charge in [0.1, 0.15) is 5.75 Å². The zero-order chi connectivity index (χ0) is 9.60. The van der Waals surface area contributed by atoms with Gasteiger partial charge in [-0.2, -0.15) is 0 Å². The molecule has 1 aliphatic heterocycles. The number of nitrogens with one attached hydrogen (secondary N) is 1. The minimum atomic E-state index is 0.309. The second kappa shape index (κ2) is 2.74. The molecule has 3 rings (SSSR count). The molecule has 2 heteroatoms. The Labute approximate surface area is 84.3 Å². The van der Waals surface area contributed by atoms with E-state index in [1.807, 2.05) is 0 Å². The van der Waals surface area contributed by atoms with Gasteiger partial charge in [-0.05, 0) is 49.1 Å². The summed E-state index contributed by atoms with van der Waals surface area (Å²) in [5.41, 5.74) is 3.28. The average molecular weight is 189 g/mol. The molecule has 1 aliphatic carbocycles.